The van der Waals surface area contributed by atoms with Crippen LogP contribution in [0, 0.1) is 0 Å². The molecule has 0 aliphatic carbocycles. The van der Waals surface area contributed by atoms with Crippen molar-refractivity contribution in [2.45, 2.75) is 12.0 Å². The molecule has 6 nitrogen and oxygen atoms in total. The van der Waals surface area contributed by atoms with Gasteiger partial charge in [-0.1, -0.05) is 0 Å². The number of nitrogens with two attached hydrogens (primary N) is 1. The number of carbonyl (C=O) groups excluding carboxylic acids is 2. The van der Waals surface area contributed by atoms with E-state index in [1.165, 1.54) is 0 Å². The molecule has 0 heterocycles. The molecule has 13 heavy (non-hydrogen) atoms. The smallest absolute Gasteiger partial charge is 0.550 e. The summed E-state index contributed by atoms with van der Waals surface area (Å²) in [7, 11) is 0. The van der Waals surface area contributed by atoms with Gasteiger partial charge in [0, 0.05) is 12.4 Å². The van der Waals surface area contributed by atoms with E-state index >= 15 is 0 Å². The molecule has 8 heteroatoms. The van der Waals surface area contributed by atoms with Gasteiger partial charge in [0.15, 0.2) is 0 Å². The monoisotopic (exact) mass is 175 g/mol. The van der Waals surface area contributed by atoms with E-state index in [1.807, 2.05) is 0 Å². The normalized spacial score (nSPS) is 13.1. The van der Waals surface area contributed by atoms with Crippen molar-refractivity contribution in [1.29, 1.82) is 0 Å². The summed E-state index contributed by atoms with van der Waals surface area (Å²) in [4.78, 5) is 20.0. The van der Waals surface area contributed by atoms with Gasteiger partial charge in [-0.2, -0.15) is 0 Å². The summed E-state index contributed by atoms with van der Waals surface area (Å²) in [6.45, 7) is -0.997. The predicted octanol–water partition coefficient (Wildman–Crippen LogP) is -10.4. The van der Waals surface area contributed by atoms with Gasteiger partial charge < -0.3 is 30.6 Å². The zero-order valence-corrected chi connectivity index (χ0v) is 7.57. The number of hydrogen-bond donors (Lipinski definition) is 2. The average Bonchev–Trinajstić information content (AvgIpc) is 1.86. The van der Waals surface area contributed by atoms with E-state index in [1.54, 1.807) is 0 Å². The van der Waals surface area contributed by atoms with E-state index < -0.39 is 30.5 Å². The molecule has 0 aromatic rings. The van der Waals surface area contributed by atoms with Crippen molar-refractivity contribution in [3.05, 3.63) is 0 Å². The van der Waals surface area contributed by atoms with Crippen molar-refractivity contribution in [3.8, 4) is 0 Å². The van der Waals surface area contributed by atoms with Gasteiger partial charge in [-0.25, -0.2) is 0 Å². The van der Waals surface area contributed by atoms with Gasteiger partial charge in [0.05, 0.1) is 18.1 Å². The summed E-state index contributed by atoms with van der Waals surface area (Å²) >= 11 is 0. The second kappa shape index (κ2) is 7.46. The molecule has 0 aliphatic rings. The first kappa shape index (κ1) is 18.8. The molecule has 0 fully saturated rings. The zero-order valence-electron chi connectivity index (χ0n) is 7.57. The minimum atomic E-state index is -2.24. The number of aliphatic hydroxyl groups is 1. The number of rotatable bonds is 4. The van der Waals surface area contributed by atoms with Crippen LogP contribution in [0.5, 0.6) is 0 Å². The van der Waals surface area contributed by atoms with E-state index in [2.05, 4.69) is 0 Å². The predicted molar refractivity (Wildman–Crippen MR) is 28.6 cm³/mol. The molecule has 0 aliphatic heterocycles. The molecule has 0 saturated carbocycles. The second-order valence-corrected chi connectivity index (χ2v) is 2.15. The van der Waals surface area contributed by atoms with Crippen LogP contribution in [0.25, 0.3) is 0 Å². The van der Waals surface area contributed by atoms with E-state index in [0.29, 0.717) is 0 Å². The van der Waals surface area contributed by atoms with E-state index in [4.69, 9.17) is 10.8 Å². The average molecular weight is 175 g/mol. The summed E-state index contributed by atoms with van der Waals surface area (Å²) in [5.41, 5.74) is 2.67. The number of carboxylic acid groups (broad SMARTS) is 2. The fourth-order valence-corrected chi connectivity index (χ4v) is 0.450. The minimum absolute atomic E-state index is 0. The Morgan fingerprint density at radius 3 is 1.77 bits per heavy atom. The maximum atomic E-state index is 10.1. The fourth-order valence-electron chi connectivity index (χ4n) is 0.450. The molecule has 1 atom stereocenters. The van der Waals surface area contributed by atoms with Crippen molar-refractivity contribution in [2.24, 2.45) is 5.73 Å². The van der Waals surface area contributed by atoms with Gasteiger partial charge in [-0.3, -0.25) is 0 Å². The Balaban J connectivity index is -0.000000500. The summed E-state index contributed by atoms with van der Waals surface area (Å²) in [5.74, 6) is -3.46. The third-order valence-corrected chi connectivity index (χ3v) is 1.15. The topological polar surface area (TPSA) is 127 Å². The van der Waals surface area contributed by atoms with Gasteiger partial charge in [-0.15, -0.1) is 0 Å². The number of carbonyl (C=O) groups is 2. The van der Waals surface area contributed by atoms with Crippen LogP contribution in [0.3, 0.4) is 0 Å². The van der Waals surface area contributed by atoms with E-state index in [-0.39, 0.29) is 37.7 Å². The van der Waals surface area contributed by atoms with Crippen LogP contribution in [0.1, 0.15) is 6.42 Å². The molecule has 0 saturated heterocycles. The SMILES string of the molecule is N[C@@](CO)(CC(=O)[O-])C(=O)[O-].[Li+].[Li+]. The molecule has 3 N–H and O–H groups in total. The van der Waals surface area contributed by atoms with Gasteiger partial charge in [-0.05, 0) is 0 Å². The largest absolute Gasteiger partial charge is 1.00 e. The minimum Gasteiger partial charge on any atom is -0.550 e. The van der Waals surface area contributed by atoms with Crippen molar-refractivity contribution >= 4 is 11.9 Å². The first-order chi connectivity index (χ1) is 4.92. The summed E-state index contributed by atoms with van der Waals surface area (Å²) in [6, 6.07) is 0. The van der Waals surface area contributed by atoms with Gasteiger partial charge in [0.2, 0.25) is 0 Å². The molecular formula is C5H7Li2NO5. The van der Waals surface area contributed by atoms with Crippen LogP contribution in [0.4, 0.5) is 0 Å². The standard InChI is InChI=1S/C5H9NO5.2Li/c6-5(2-7,4(10)11)1-3(8)9;;/h7H,1-2,6H2,(H,8,9)(H,10,11);;/q;2*+1/p-2/t5-;;/m1../s1. The molecular weight excluding hydrogens is 168 g/mol. The quantitative estimate of drug-likeness (QED) is 0.408. The Morgan fingerprint density at radius 1 is 1.31 bits per heavy atom. The molecule has 0 unspecified atom stereocenters. The maximum absolute atomic E-state index is 10.1. The molecule has 0 rings (SSSR count). The number of aliphatic hydroxyl groups excluding tert-OH is 1. The molecule has 0 spiro atoms. The zero-order chi connectivity index (χ0) is 9.07. The van der Waals surface area contributed by atoms with Crippen LogP contribution in [-0.4, -0.2) is 29.2 Å². The Labute approximate surface area is 98.8 Å². The second-order valence-electron chi connectivity index (χ2n) is 2.15. The Kier molecular flexibility index (Phi) is 10.8. The van der Waals surface area contributed by atoms with Crippen molar-refractivity contribution in [3.63, 3.8) is 0 Å². The third-order valence-electron chi connectivity index (χ3n) is 1.15. The maximum Gasteiger partial charge on any atom is 1.00 e. The van der Waals surface area contributed by atoms with Crippen LogP contribution < -0.4 is 53.7 Å². The van der Waals surface area contributed by atoms with E-state index in [9.17, 15) is 19.8 Å². The number of aliphatic carboxylic acids is 2. The van der Waals surface area contributed by atoms with Crippen molar-refractivity contribution in [1.82, 2.24) is 0 Å². The third kappa shape index (κ3) is 6.17. The fraction of sp³-hybridized carbons (Fsp3) is 0.600. The Hall–Kier alpha value is 0.0548. The van der Waals surface area contributed by atoms with Gasteiger partial charge in [0.25, 0.3) is 0 Å². The van der Waals surface area contributed by atoms with Crippen molar-refractivity contribution in [2.75, 3.05) is 6.61 Å². The number of carboxylic acids is 2. The van der Waals surface area contributed by atoms with Gasteiger partial charge >= 0.3 is 37.7 Å². The number of hydrogen-bond acceptors (Lipinski definition) is 6. The Morgan fingerprint density at radius 2 is 1.69 bits per heavy atom. The Bertz CT molecular complexity index is 188. The first-order valence-corrected chi connectivity index (χ1v) is 2.73. The van der Waals surface area contributed by atoms with Crippen LogP contribution in [0.15, 0.2) is 0 Å². The van der Waals surface area contributed by atoms with Crippen molar-refractivity contribution < 1.29 is 62.6 Å². The summed E-state index contributed by atoms with van der Waals surface area (Å²) in [5, 5.41) is 28.4. The van der Waals surface area contributed by atoms with Crippen LogP contribution in [0.2, 0.25) is 0 Å². The van der Waals surface area contributed by atoms with Crippen LogP contribution in [-0.2, 0) is 9.59 Å². The molecule has 0 bridgehead atoms. The molecule has 0 aromatic carbocycles. The van der Waals surface area contributed by atoms with E-state index in [0.717, 1.165) is 0 Å². The molecule has 64 valence electrons. The molecule has 0 radical (unpaired) electrons. The molecule has 0 amide bonds. The first-order valence-electron chi connectivity index (χ1n) is 2.73. The summed E-state index contributed by atoms with van der Waals surface area (Å²) in [6.07, 6.45) is -0.966. The summed E-state index contributed by atoms with van der Waals surface area (Å²) < 4.78 is 0. The van der Waals surface area contributed by atoms with Gasteiger partial charge in [0.1, 0.15) is 0 Å². The van der Waals surface area contributed by atoms with Crippen LogP contribution >= 0.6 is 0 Å². The molecule has 0 aromatic heterocycles.